The van der Waals surface area contributed by atoms with Crippen molar-refractivity contribution in [2.24, 2.45) is 5.92 Å². The first-order chi connectivity index (χ1) is 17.2. The molecule has 0 bridgehead atoms. The maximum Gasteiger partial charge on any atom is 0.329 e. The Hall–Kier alpha value is -3.42. The van der Waals surface area contributed by atoms with Crippen molar-refractivity contribution in [3.05, 3.63) is 53.3 Å². The molecule has 0 radical (unpaired) electrons. The smallest absolute Gasteiger partial charge is 0.329 e. The van der Waals surface area contributed by atoms with Crippen LogP contribution in [-0.2, 0) is 14.3 Å². The lowest BCUT2D eigenvalue weighted by atomic mass is 9.84. The summed E-state index contributed by atoms with van der Waals surface area (Å²) < 4.78 is 16.1. The minimum Gasteiger partial charge on any atom is -0.493 e. The lowest BCUT2D eigenvalue weighted by Gasteiger charge is -2.24. The third-order valence-corrected chi connectivity index (χ3v) is 6.53. The van der Waals surface area contributed by atoms with E-state index in [0.29, 0.717) is 5.92 Å². The SMILES string of the molecule is COc1ccnc(C(=O)NC(C(=O)OC(C)c2ccc(C3CCCCC3)cc2)C(C)C)c1OC(C)=O. The van der Waals surface area contributed by atoms with Crippen LogP contribution in [0.2, 0.25) is 0 Å². The summed E-state index contributed by atoms with van der Waals surface area (Å²) in [4.78, 5) is 41.7. The molecule has 1 fully saturated rings. The standard InChI is InChI=1S/C28H36N2O6/c1-17(2)24(30-27(32)25-26(36-19(4)31)23(34-5)15-16-29-25)28(33)35-18(3)20-11-13-22(14-12-20)21-9-7-6-8-10-21/h11-18,21,24H,6-10H2,1-5H3,(H,30,32). The highest BCUT2D eigenvalue weighted by Gasteiger charge is 2.30. The van der Waals surface area contributed by atoms with Crippen molar-refractivity contribution in [1.29, 1.82) is 0 Å². The normalized spacial score (nSPS) is 15.6. The van der Waals surface area contributed by atoms with Gasteiger partial charge in [-0.25, -0.2) is 9.78 Å². The van der Waals surface area contributed by atoms with Gasteiger partial charge in [-0.3, -0.25) is 9.59 Å². The van der Waals surface area contributed by atoms with E-state index in [1.807, 2.05) is 32.9 Å². The van der Waals surface area contributed by atoms with Crippen molar-refractivity contribution in [1.82, 2.24) is 10.3 Å². The van der Waals surface area contributed by atoms with Crippen molar-refractivity contribution in [2.75, 3.05) is 7.11 Å². The monoisotopic (exact) mass is 496 g/mol. The average molecular weight is 497 g/mol. The van der Waals surface area contributed by atoms with Gasteiger partial charge in [0.15, 0.2) is 11.4 Å². The highest BCUT2D eigenvalue weighted by molar-refractivity contribution is 5.98. The van der Waals surface area contributed by atoms with Crippen LogP contribution in [0.1, 0.15) is 93.4 Å². The van der Waals surface area contributed by atoms with E-state index in [1.165, 1.54) is 64.0 Å². The van der Waals surface area contributed by atoms with Gasteiger partial charge in [0.25, 0.3) is 5.91 Å². The van der Waals surface area contributed by atoms with Gasteiger partial charge in [-0.1, -0.05) is 57.4 Å². The Morgan fingerprint density at radius 1 is 1.00 bits per heavy atom. The van der Waals surface area contributed by atoms with Crippen molar-refractivity contribution < 1.29 is 28.6 Å². The summed E-state index contributed by atoms with van der Waals surface area (Å²) in [6.07, 6.45) is 7.19. The molecule has 2 unspecified atom stereocenters. The molecule has 0 saturated heterocycles. The van der Waals surface area contributed by atoms with E-state index in [-0.39, 0.29) is 23.1 Å². The van der Waals surface area contributed by atoms with Crippen molar-refractivity contribution in [3.63, 3.8) is 0 Å². The molecule has 2 aromatic rings. The molecule has 0 aliphatic heterocycles. The molecule has 0 spiro atoms. The number of nitrogens with zero attached hydrogens (tertiary/aromatic N) is 1. The molecule has 1 aliphatic rings. The van der Waals surface area contributed by atoms with E-state index in [9.17, 15) is 14.4 Å². The highest BCUT2D eigenvalue weighted by atomic mass is 16.6. The number of amides is 1. The molecule has 194 valence electrons. The number of hydrogen-bond donors (Lipinski definition) is 1. The Morgan fingerprint density at radius 2 is 1.67 bits per heavy atom. The average Bonchev–Trinajstić information content (AvgIpc) is 2.87. The Bertz CT molecular complexity index is 1060. The molecule has 1 N–H and O–H groups in total. The van der Waals surface area contributed by atoms with E-state index < -0.39 is 30.0 Å². The molecule has 8 nitrogen and oxygen atoms in total. The first-order valence-corrected chi connectivity index (χ1v) is 12.5. The van der Waals surface area contributed by atoms with Crippen LogP contribution in [0.5, 0.6) is 11.5 Å². The van der Waals surface area contributed by atoms with Gasteiger partial charge in [0.05, 0.1) is 7.11 Å². The topological polar surface area (TPSA) is 104 Å². The summed E-state index contributed by atoms with van der Waals surface area (Å²) >= 11 is 0. The van der Waals surface area contributed by atoms with Gasteiger partial charge < -0.3 is 19.5 Å². The first kappa shape index (κ1) is 27.2. The largest absolute Gasteiger partial charge is 0.493 e. The second-order valence-electron chi connectivity index (χ2n) is 9.56. The maximum atomic E-state index is 13.1. The summed E-state index contributed by atoms with van der Waals surface area (Å²) in [5, 5.41) is 2.68. The van der Waals surface area contributed by atoms with Gasteiger partial charge in [0.1, 0.15) is 12.1 Å². The van der Waals surface area contributed by atoms with E-state index in [1.54, 1.807) is 0 Å². The second kappa shape index (κ2) is 12.5. The van der Waals surface area contributed by atoms with E-state index >= 15 is 0 Å². The van der Waals surface area contributed by atoms with Crippen LogP contribution in [0.4, 0.5) is 0 Å². The van der Waals surface area contributed by atoms with Crippen LogP contribution in [0.15, 0.2) is 36.5 Å². The summed E-state index contributed by atoms with van der Waals surface area (Å²) in [7, 11) is 1.39. The zero-order chi connectivity index (χ0) is 26.2. The van der Waals surface area contributed by atoms with E-state index in [0.717, 1.165) is 5.56 Å². The number of methoxy groups -OCH3 is 1. The lowest BCUT2D eigenvalue weighted by molar-refractivity contribution is -0.152. The van der Waals surface area contributed by atoms with Crippen LogP contribution in [-0.4, -0.2) is 36.0 Å². The number of ether oxygens (including phenoxy) is 3. The molecular formula is C28H36N2O6. The summed E-state index contributed by atoms with van der Waals surface area (Å²) in [5.74, 6) is -1.44. The van der Waals surface area contributed by atoms with E-state index in [4.69, 9.17) is 14.2 Å². The van der Waals surface area contributed by atoms with Crippen molar-refractivity contribution in [3.8, 4) is 11.5 Å². The molecule has 1 saturated carbocycles. The molecule has 1 aromatic heterocycles. The van der Waals surface area contributed by atoms with Gasteiger partial charge in [-0.2, -0.15) is 0 Å². The maximum absolute atomic E-state index is 13.1. The van der Waals surface area contributed by atoms with Crippen LogP contribution in [0.25, 0.3) is 0 Å². The molecule has 1 aromatic carbocycles. The van der Waals surface area contributed by atoms with Gasteiger partial charge in [0, 0.05) is 19.2 Å². The summed E-state index contributed by atoms with van der Waals surface area (Å²) in [6.45, 7) is 6.64. The number of benzene rings is 1. The number of pyridine rings is 1. The van der Waals surface area contributed by atoms with Gasteiger partial charge in [-0.15, -0.1) is 0 Å². The van der Waals surface area contributed by atoms with Gasteiger partial charge >= 0.3 is 11.9 Å². The predicted molar refractivity (Wildman–Crippen MR) is 135 cm³/mol. The molecular weight excluding hydrogens is 460 g/mol. The molecule has 2 atom stereocenters. The number of carbonyl (C=O) groups is 3. The minimum atomic E-state index is -0.931. The Morgan fingerprint density at radius 3 is 2.25 bits per heavy atom. The first-order valence-electron chi connectivity index (χ1n) is 12.5. The number of rotatable bonds is 9. The highest BCUT2D eigenvalue weighted by Crippen LogP contribution is 2.33. The van der Waals surface area contributed by atoms with Crippen molar-refractivity contribution >= 4 is 17.8 Å². The van der Waals surface area contributed by atoms with Gasteiger partial charge in [-0.05, 0) is 42.7 Å². The molecule has 1 aliphatic carbocycles. The number of hydrogen-bond acceptors (Lipinski definition) is 7. The fourth-order valence-electron chi connectivity index (χ4n) is 4.49. The Labute approximate surface area is 212 Å². The minimum absolute atomic E-state index is 0.104. The summed E-state index contributed by atoms with van der Waals surface area (Å²) in [6, 6.07) is 8.82. The van der Waals surface area contributed by atoms with Crippen LogP contribution in [0, 0.1) is 5.92 Å². The van der Waals surface area contributed by atoms with E-state index in [2.05, 4.69) is 22.4 Å². The van der Waals surface area contributed by atoms with Gasteiger partial charge in [0.2, 0.25) is 5.75 Å². The third kappa shape index (κ3) is 6.83. The fourth-order valence-corrected chi connectivity index (χ4v) is 4.49. The lowest BCUT2D eigenvalue weighted by Crippen LogP contribution is -2.45. The second-order valence-corrected chi connectivity index (χ2v) is 9.56. The number of esters is 2. The fraction of sp³-hybridized carbons (Fsp3) is 0.500. The molecule has 1 heterocycles. The molecule has 1 amide bonds. The number of carbonyl (C=O) groups excluding carboxylic acids is 3. The molecule has 3 rings (SSSR count). The molecule has 8 heteroatoms. The Kier molecular flexibility index (Phi) is 9.44. The number of nitrogens with one attached hydrogen (secondary N) is 1. The van der Waals surface area contributed by atoms with Crippen LogP contribution >= 0.6 is 0 Å². The number of aromatic nitrogens is 1. The van der Waals surface area contributed by atoms with Crippen LogP contribution in [0.3, 0.4) is 0 Å². The van der Waals surface area contributed by atoms with Crippen LogP contribution < -0.4 is 14.8 Å². The third-order valence-electron chi connectivity index (χ3n) is 6.53. The zero-order valence-corrected chi connectivity index (χ0v) is 21.7. The molecule has 36 heavy (non-hydrogen) atoms. The predicted octanol–water partition coefficient (Wildman–Crippen LogP) is 5.12. The zero-order valence-electron chi connectivity index (χ0n) is 21.7. The summed E-state index contributed by atoms with van der Waals surface area (Å²) in [5.41, 5.74) is 2.07. The Balaban J connectivity index is 1.70. The van der Waals surface area contributed by atoms with Crippen molar-refractivity contribution in [2.45, 2.75) is 77.9 Å². The quantitative estimate of drug-likeness (QED) is 0.480.